The monoisotopic (exact) mass is 399 g/mol. The van der Waals surface area contributed by atoms with Crippen molar-refractivity contribution in [3.63, 3.8) is 0 Å². The van der Waals surface area contributed by atoms with Crippen molar-refractivity contribution in [1.82, 2.24) is 10.3 Å². The predicted molar refractivity (Wildman–Crippen MR) is 108 cm³/mol. The normalized spacial score (nSPS) is 10.8. The summed E-state index contributed by atoms with van der Waals surface area (Å²) in [5, 5.41) is 14.9. The number of pyridine rings is 1. The van der Waals surface area contributed by atoms with Crippen LogP contribution in [-0.4, -0.2) is 22.4 Å². The van der Waals surface area contributed by atoms with Crippen molar-refractivity contribution < 1.29 is 9.72 Å². The van der Waals surface area contributed by atoms with Crippen LogP contribution >= 0.6 is 11.6 Å². The van der Waals surface area contributed by atoms with Gasteiger partial charge < -0.3 is 10.3 Å². The van der Waals surface area contributed by atoms with Crippen LogP contribution < -0.4 is 10.9 Å². The number of amides is 1. The summed E-state index contributed by atoms with van der Waals surface area (Å²) in [6.07, 6.45) is 0.290. The zero-order valence-corrected chi connectivity index (χ0v) is 16.1. The van der Waals surface area contributed by atoms with Crippen LogP contribution in [0.15, 0.2) is 41.2 Å². The summed E-state index contributed by atoms with van der Waals surface area (Å²) in [4.78, 5) is 38.1. The lowest BCUT2D eigenvalue weighted by Crippen LogP contribution is -2.28. The van der Waals surface area contributed by atoms with Gasteiger partial charge in [0.05, 0.1) is 10.4 Å². The van der Waals surface area contributed by atoms with Crippen molar-refractivity contribution in [3.8, 4) is 0 Å². The fourth-order valence-electron chi connectivity index (χ4n) is 3.06. The molecule has 0 aliphatic rings. The quantitative estimate of drug-likeness (QED) is 0.504. The Morgan fingerprint density at radius 1 is 1.18 bits per heavy atom. The van der Waals surface area contributed by atoms with E-state index in [4.69, 9.17) is 11.6 Å². The number of fused-ring (bicyclic) bond motifs is 1. The van der Waals surface area contributed by atoms with Gasteiger partial charge in [-0.05, 0) is 49.6 Å². The average molecular weight is 400 g/mol. The standard InChI is InChI=1S/C20H18ClN3O4/c1-11-3-4-12(2)18-15(11)9-13(19(25)23-18)7-8-22-20(26)16-10-14(21)5-6-17(16)24(27)28/h3-6,9-10H,7-8H2,1-2H3,(H,22,26)(H,23,25). The second-order valence-corrected chi connectivity index (χ2v) is 6.97. The van der Waals surface area contributed by atoms with Crippen LogP contribution in [0, 0.1) is 24.0 Å². The Morgan fingerprint density at radius 3 is 2.61 bits per heavy atom. The first kappa shape index (κ1) is 19.6. The van der Waals surface area contributed by atoms with Crippen LogP contribution in [0.5, 0.6) is 0 Å². The third kappa shape index (κ3) is 3.89. The van der Waals surface area contributed by atoms with Gasteiger partial charge in [0.25, 0.3) is 17.2 Å². The lowest BCUT2D eigenvalue weighted by atomic mass is 10.0. The van der Waals surface area contributed by atoms with Gasteiger partial charge in [0.1, 0.15) is 5.56 Å². The Kier molecular flexibility index (Phi) is 5.46. The molecule has 7 nitrogen and oxygen atoms in total. The number of halogens is 1. The predicted octanol–water partition coefficient (Wildman–Crippen LogP) is 3.68. The molecule has 3 aromatic rings. The largest absolute Gasteiger partial charge is 0.351 e. The van der Waals surface area contributed by atoms with E-state index >= 15 is 0 Å². The third-order valence-electron chi connectivity index (χ3n) is 4.60. The number of aromatic nitrogens is 1. The number of benzene rings is 2. The molecule has 0 bridgehead atoms. The molecule has 144 valence electrons. The number of nitro groups is 1. The van der Waals surface area contributed by atoms with Crippen LogP contribution in [-0.2, 0) is 6.42 Å². The molecule has 0 atom stereocenters. The number of carbonyl (C=O) groups is 1. The highest BCUT2D eigenvalue weighted by atomic mass is 35.5. The van der Waals surface area contributed by atoms with E-state index in [0.29, 0.717) is 12.0 Å². The highest BCUT2D eigenvalue weighted by Crippen LogP contribution is 2.23. The Morgan fingerprint density at radius 2 is 1.89 bits per heavy atom. The minimum absolute atomic E-state index is 0.114. The van der Waals surface area contributed by atoms with Crippen LogP contribution in [0.1, 0.15) is 27.0 Å². The summed E-state index contributed by atoms with van der Waals surface area (Å²) in [5.41, 5.74) is 2.69. The van der Waals surface area contributed by atoms with Gasteiger partial charge in [-0.3, -0.25) is 19.7 Å². The summed E-state index contributed by atoms with van der Waals surface area (Å²) in [6.45, 7) is 4.04. The summed E-state index contributed by atoms with van der Waals surface area (Å²) in [7, 11) is 0. The minimum atomic E-state index is -0.635. The zero-order chi connectivity index (χ0) is 20.4. The maximum absolute atomic E-state index is 12.4. The summed E-state index contributed by atoms with van der Waals surface area (Å²) < 4.78 is 0. The molecule has 0 radical (unpaired) electrons. The van der Waals surface area contributed by atoms with Crippen LogP contribution in [0.3, 0.4) is 0 Å². The first-order valence-electron chi connectivity index (χ1n) is 8.62. The topological polar surface area (TPSA) is 105 Å². The van der Waals surface area contributed by atoms with E-state index in [1.54, 1.807) is 0 Å². The Balaban J connectivity index is 1.79. The number of nitrogens with zero attached hydrogens (tertiary/aromatic N) is 1. The van der Waals surface area contributed by atoms with E-state index in [9.17, 15) is 19.7 Å². The van der Waals surface area contributed by atoms with Crippen molar-refractivity contribution in [2.24, 2.45) is 0 Å². The molecule has 0 unspecified atom stereocenters. The maximum atomic E-state index is 12.4. The van der Waals surface area contributed by atoms with E-state index in [0.717, 1.165) is 22.0 Å². The van der Waals surface area contributed by atoms with Crippen molar-refractivity contribution in [2.45, 2.75) is 20.3 Å². The van der Waals surface area contributed by atoms with Gasteiger partial charge in [0, 0.05) is 28.6 Å². The summed E-state index contributed by atoms with van der Waals surface area (Å²) in [5.74, 6) is -0.613. The average Bonchev–Trinajstić information content (AvgIpc) is 2.65. The molecular weight excluding hydrogens is 382 g/mol. The molecule has 0 saturated heterocycles. The van der Waals surface area contributed by atoms with E-state index in [1.807, 2.05) is 32.0 Å². The molecule has 0 saturated carbocycles. The molecule has 28 heavy (non-hydrogen) atoms. The van der Waals surface area contributed by atoms with E-state index in [-0.39, 0.29) is 28.4 Å². The van der Waals surface area contributed by atoms with Gasteiger partial charge in [-0.15, -0.1) is 0 Å². The SMILES string of the molecule is Cc1ccc(C)c2[nH]c(=O)c(CCNC(=O)c3cc(Cl)ccc3[N+](=O)[O-])cc12. The number of hydrogen-bond acceptors (Lipinski definition) is 4. The number of hydrogen-bond donors (Lipinski definition) is 2. The molecule has 0 aliphatic heterocycles. The minimum Gasteiger partial charge on any atom is -0.351 e. The van der Waals surface area contributed by atoms with Crippen LogP contribution in [0.25, 0.3) is 10.9 Å². The first-order chi connectivity index (χ1) is 13.3. The van der Waals surface area contributed by atoms with Gasteiger partial charge >= 0.3 is 0 Å². The zero-order valence-electron chi connectivity index (χ0n) is 15.3. The number of rotatable bonds is 5. The van der Waals surface area contributed by atoms with E-state index in [2.05, 4.69) is 10.3 Å². The molecule has 2 N–H and O–H groups in total. The fourth-order valence-corrected chi connectivity index (χ4v) is 3.23. The van der Waals surface area contributed by atoms with Gasteiger partial charge in [-0.1, -0.05) is 23.7 Å². The van der Waals surface area contributed by atoms with Crippen molar-refractivity contribution in [1.29, 1.82) is 0 Å². The van der Waals surface area contributed by atoms with Crippen LogP contribution in [0.2, 0.25) is 5.02 Å². The van der Waals surface area contributed by atoms with Gasteiger partial charge in [-0.2, -0.15) is 0 Å². The number of nitrogens with one attached hydrogen (secondary N) is 2. The van der Waals surface area contributed by atoms with Gasteiger partial charge in [0.2, 0.25) is 0 Å². The molecule has 1 amide bonds. The number of carbonyl (C=O) groups excluding carboxylic acids is 1. The van der Waals surface area contributed by atoms with Gasteiger partial charge in [0.15, 0.2) is 0 Å². The summed E-state index contributed by atoms with van der Waals surface area (Å²) >= 11 is 5.85. The molecule has 0 spiro atoms. The van der Waals surface area contributed by atoms with E-state index in [1.165, 1.54) is 18.2 Å². The number of H-pyrrole nitrogens is 1. The molecule has 8 heteroatoms. The van der Waals surface area contributed by atoms with Crippen molar-refractivity contribution in [3.05, 3.63) is 84.1 Å². The van der Waals surface area contributed by atoms with Crippen molar-refractivity contribution >= 4 is 34.1 Å². The first-order valence-corrected chi connectivity index (χ1v) is 9.00. The molecule has 0 fully saturated rings. The number of aryl methyl sites for hydroxylation is 2. The summed E-state index contributed by atoms with van der Waals surface area (Å²) in [6, 6.07) is 9.56. The van der Waals surface area contributed by atoms with E-state index < -0.39 is 10.8 Å². The number of aromatic amines is 1. The fraction of sp³-hybridized carbons (Fsp3) is 0.200. The molecule has 1 heterocycles. The number of nitro benzene ring substituents is 1. The molecule has 3 rings (SSSR count). The second kappa shape index (κ2) is 7.82. The second-order valence-electron chi connectivity index (χ2n) is 6.54. The lowest BCUT2D eigenvalue weighted by molar-refractivity contribution is -0.385. The Hall–Kier alpha value is -3.19. The molecule has 1 aromatic heterocycles. The molecule has 2 aromatic carbocycles. The Labute approximate surface area is 165 Å². The third-order valence-corrected chi connectivity index (χ3v) is 4.84. The highest BCUT2D eigenvalue weighted by Gasteiger charge is 2.20. The van der Waals surface area contributed by atoms with Crippen molar-refractivity contribution in [2.75, 3.05) is 6.54 Å². The van der Waals surface area contributed by atoms with Crippen LogP contribution in [0.4, 0.5) is 5.69 Å². The smallest absolute Gasteiger partial charge is 0.282 e. The molecular formula is C20H18ClN3O4. The Bertz CT molecular complexity index is 1150. The highest BCUT2D eigenvalue weighted by molar-refractivity contribution is 6.31. The molecule has 0 aliphatic carbocycles. The lowest BCUT2D eigenvalue weighted by Gasteiger charge is -2.09. The maximum Gasteiger partial charge on any atom is 0.282 e. The van der Waals surface area contributed by atoms with Gasteiger partial charge in [-0.25, -0.2) is 0 Å².